The first-order chi connectivity index (χ1) is 9.60. The van der Waals surface area contributed by atoms with Gasteiger partial charge in [-0.15, -0.1) is 0 Å². The van der Waals surface area contributed by atoms with E-state index in [1.165, 1.54) is 11.8 Å². The van der Waals surface area contributed by atoms with Crippen LogP contribution in [0.25, 0.3) is 0 Å². The number of carbonyl (C=O) groups excluding carboxylic acids is 1. The van der Waals surface area contributed by atoms with Crippen LogP contribution in [0.15, 0.2) is 46.5 Å². The molecule has 2 N–H and O–H groups in total. The normalized spacial score (nSPS) is 10.3. The van der Waals surface area contributed by atoms with Crippen LogP contribution in [0.3, 0.4) is 0 Å². The van der Waals surface area contributed by atoms with Gasteiger partial charge in [-0.05, 0) is 37.3 Å². The topological polar surface area (TPSA) is 65.2 Å². The van der Waals surface area contributed by atoms with E-state index in [0.29, 0.717) is 22.9 Å². The van der Waals surface area contributed by atoms with Crippen LogP contribution >= 0.6 is 23.4 Å². The fourth-order valence-corrected chi connectivity index (χ4v) is 2.44. The molecule has 0 amide bonds. The van der Waals surface area contributed by atoms with Crippen LogP contribution in [0.5, 0.6) is 0 Å². The predicted molar refractivity (Wildman–Crippen MR) is 80.2 cm³/mol. The van der Waals surface area contributed by atoms with E-state index in [4.69, 9.17) is 22.1 Å². The molecule has 20 heavy (non-hydrogen) atoms. The highest BCUT2D eigenvalue weighted by Gasteiger charge is 2.12. The summed E-state index contributed by atoms with van der Waals surface area (Å²) < 4.78 is 4.97. The van der Waals surface area contributed by atoms with Crippen LogP contribution in [0.1, 0.15) is 17.3 Å². The molecule has 0 aliphatic carbocycles. The second kappa shape index (κ2) is 6.63. The molecule has 0 saturated carbocycles. The Hall–Kier alpha value is -1.72. The summed E-state index contributed by atoms with van der Waals surface area (Å²) in [6.45, 7) is 2.07. The van der Waals surface area contributed by atoms with Gasteiger partial charge in [-0.25, -0.2) is 9.78 Å². The van der Waals surface area contributed by atoms with Crippen molar-refractivity contribution in [2.45, 2.75) is 16.8 Å². The minimum absolute atomic E-state index is 0.314. The third kappa shape index (κ3) is 3.65. The molecule has 0 saturated heterocycles. The van der Waals surface area contributed by atoms with Crippen molar-refractivity contribution in [3.05, 3.63) is 47.1 Å². The van der Waals surface area contributed by atoms with E-state index in [1.807, 2.05) is 12.1 Å². The number of carbonyl (C=O) groups is 1. The zero-order valence-electron chi connectivity index (χ0n) is 10.8. The summed E-state index contributed by atoms with van der Waals surface area (Å²) >= 11 is 7.21. The number of halogens is 1. The number of hydrogen-bond donors (Lipinski definition) is 1. The molecule has 2 rings (SSSR count). The minimum atomic E-state index is -0.420. The van der Waals surface area contributed by atoms with E-state index in [1.54, 1.807) is 31.3 Å². The minimum Gasteiger partial charge on any atom is -0.462 e. The van der Waals surface area contributed by atoms with Gasteiger partial charge in [0.15, 0.2) is 0 Å². The second-order valence-corrected chi connectivity index (χ2v) is 5.42. The van der Waals surface area contributed by atoms with Crippen molar-refractivity contribution in [3.63, 3.8) is 0 Å². The van der Waals surface area contributed by atoms with Gasteiger partial charge in [0.2, 0.25) is 0 Å². The maximum absolute atomic E-state index is 11.8. The Morgan fingerprint density at radius 3 is 2.85 bits per heavy atom. The molecule has 0 aliphatic heterocycles. The molecule has 0 bridgehead atoms. The lowest BCUT2D eigenvalue weighted by atomic mass is 10.2. The van der Waals surface area contributed by atoms with Gasteiger partial charge in [-0.3, -0.25) is 0 Å². The first-order valence-corrected chi connectivity index (χ1v) is 7.15. The van der Waals surface area contributed by atoms with Crippen molar-refractivity contribution < 1.29 is 9.53 Å². The van der Waals surface area contributed by atoms with Gasteiger partial charge in [-0.2, -0.15) is 0 Å². The lowest BCUT2D eigenvalue weighted by Crippen LogP contribution is -2.07. The van der Waals surface area contributed by atoms with Crippen molar-refractivity contribution in [2.75, 3.05) is 12.3 Å². The fourth-order valence-electron chi connectivity index (χ4n) is 1.53. The van der Waals surface area contributed by atoms with Crippen molar-refractivity contribution in [3.8, 4) is 0 Å². The average molecular weight is 309 g/mol. The largest absolute Gasteiger partial charge is 0.462 e. The number of aromatic nitrogens is 1. The number of esters is 1. The van der Waals surface area contributed by atoms with E-state index in [0.717, 1.165) is 9.92 Å². The zero-order valence-corrected chi connectivity index (χ0v) is 12.4. The highest BCUT2D eigenvalue weighted by Crippen LogP contribution is 2.29. The molecule has 0 fully saturated rings. The Bertz CT molecular complexity index is 617. The summed E-state index contributed by atoms with van der Waals surface area (Å²) in [7, 11) is 0. The molecule has 4 nitrogen and oxygen atoms in total. The number of ether oxygens (including phenoxy) is 1. The van der Waals surface area contributed by atoms with Crippen LogP contribution in [0.2, 0.25) is 5.02 Å². The summed E-state index contributed by atoms with van der Waals surface area (Å²) in [5, 5.41) is 1.37. The number of hydrogen-bond acceptors (Lipinski definition) is 5. The van der Waals surface area contributed by atoms with E-state index < -0.39 is 5.97 Å². The number of nitrogens with zero attached hydrogens (tertiary/aromatic N) is 1. The first kappa shape index (κ1) is 14.7. The standard InChI is InChI=1S/C14H13ClN2O2S/c1-2-19-14(18)11-7-10(4-5-12(11)16)20-13-6-3-9(15)8-17-13/h3-8H,2,16H2,1H3. The van der Waals surface area contributed by atoms with E-state index in [-0.39, 0.29) is 0 Å². The molecule has 0 unspecified atom stereocenters. The Kier molecular flexibility index (Phi) is 4.87. The molecule has 2 aromatic rings. The van der Waals surface area contributed by atoms with Crippen LogP contribution in [-0.2, 0) is 4.74 Å². The SMILES string of the molecule is CCOC(=O)c1cc(Sc2ccc(Cl)cn2)ccc1N. The third-order valence-electron chi connectivity index (χ3n) is 2.44. The van der Waals surface area contributed by atoms with Crippen LogP contribution in [0.4, 0.5) is 5.69 Å². The van der Waals surface area contributed by atoms with Gasteiger partial charge in [0.25, 0.3) is 0 Å². The number of nitrogen functional groups attached to an aromatic ring is 1. The quantitative estimate of drug-likeness (QED) is 0.690. The van der Waals surface area contributed by atoms with Crippen molar-refractivity contribution in [1.29, 1.82) is 0 Å². The lowest BCUT2D eigenvalue weighted by Gasteiger charge is -2.07. The summed E-state index contributed by atoms with van der Waals surface area (Å²) in [4.78, 5) is 16.8. The molecular weight excluding hydrogens is 296 g/mol. The molecule has 1 aromatic carbocycles. The smallest absolute Gasteiger partial charge is 0.340 e. The number of rotatable bonds is 4. The highest BCUT2D eigenvalue weighted by atomic mass is 35.5. The molecule has 0 atom stereocenters. The first-order valence-electron chi connectivity index (χ1n) is 5.96. The Morgan fingerprint density at radius 2 is 2.20 bits per heavy atom. The van der Waals surface area contributed by atoms with Gasteiger partial charge in [0.05, 0.1) is 17.2 Å². The summed E-state index contributed by atoms with van der Waals surface area (Å²) in [5.41, 5.74) is 6.56. The molecule has 1 heterocycles. The van der Waals surface area contributed by atoms with Crippen molar-refractivity contribution in [2.24, 2.45) is 0 Å². The predicted octanol–water partition coefficient (Wildman–Crippen LogP) is 3.65. The number of pyridine rings is 1. The third-order valence-corrected chi connectivity index (χ3v) is 3.61. The molecule has 1 aromatic heterocycles. The van der Waals surface area contributed by atoms with E-state index in [9.17, 15) is 4.79 Å². The van der Waals surface area contributed by atoms with Crippen LogP contribution in [0, 0.1) is 0 Å². The Morgan fingerprint density at radius 1 is 1.40 bits per heavy atom. The maximum Gasteiger partial charge on any atom is 0.340 e. The van der Waals surface area contributed by atoms with Crippen molar-refractivity contribution in [1.82, 2.24) is 4.98 Å². The van der Waals surface area contributed by atoms with Gasteiger partial charge in [-0.1, -0.05) is 23.4 Å². The number of nitrogens with two attached hydrogens (primary N) is 1. The monoisotopic (exact) mass is 308 g/mol. The van der Waals surface area contributed by atoms with E-state index in [2.05, 4.69) is 4.98 Å². The van der Waals surface area contributed by atoms with Crippen LogP contribution < -0.4 is 5.73 Å². The molecular formula is C14H13ClN2O2S. The molecule has 104 valence electrons. The average Bonchev–Trinajstić information content (AvgIpc) is 2.43. The maximum atomic E-state index is 11.8. The van der Waals surface area contributed by atoms with Gasteiger partial charge in [0, 0.05) is 16.8 Å². The van der Waals surface area contributed by atoms with Gasteiger partial charge < -0.3 is 10.5 Å². The van der Waals surface area contributed by atoms with Crippen molar-refractivity contribution >= 4 is 35.0 Å². The molecule has 0 aliphatic rings. The second-order valence-electron chi connectivity index (χ2n) is 3.89. The fraction of sp³-hybridized carbons (Fsp3) is 0.143. The number of anilines is 1. The summed E-state index contributed by atoms with van der Waals surface area (Å²) in [6.07, 6.45) is 1.58. The number of benzene rings is 1. The Labute approximate surface area is 126 Å². The van der Waals surface area contributed by atoms with Crippen LogP contribution in [-0.4, -0.2) is 17.6 Å². The highest BCUT2D eigenvalue weighted by molar-refractivity contribution is 7.99. The zero-order chi connectivity index (χ0) is 14.5. The molecule has 0 spiro atoms. The molecule has 0 radical (unpaired) electrons. The van der Waals surface area contributed by atoms with Gasteiger partial charge >= 0.3 is 5.97 Å². The summed E-state index contributed by atoms with van der Waals surface area (Å²) in [5.74, 6) is -0.420. The lowest BCUT2D eigenvalue weighted by molar-refractivity contribution is 0.0527. The van der Waals surface area contributed by atoms with E-state index >= 15 is 0 Å². The molecule has 6 heteroatoms. The summed E-state index contributed by atoms with van der Waals surface area (Å²) in [6, 6.07) is 8.80. The Balaban J connectivity index is 2.22. The van der Waals surface area contributed by atoms with Gasteiger partial charge in [0.1, 0.15) is 5.03 Å².